The zero-order valence-corrected chi connectivity index (χ0v) is 6.32. The third-order valence-corrected chi connectivity index (χ3v) is 2.02. The van der Waals surface area contributed by atoms with Gasteiger partial charge in [0, 0.05) is 25.7 Å². The zero-order valence-electron chi connectivity index (χ0n) is 6.32. The Morgan fingerprint density at radius 2 is 2.30 bits per heavy atom. The van der Waals surface area contributed by atoms with Crippen molar-refractivity contribution in [1.29, 1.82) is 0 Å². The Kier molecular flexibility index (Phi) is 2.62. The van der Waals surface area contributed by atoms with Gasteiger partial charge in [-0.2, -0.15) is 0 Å². The molecular formula is C6H15N3O. The number of hydrogen-bond acceptors (Lipinski definition) is 4. The Morgan fingerprint density at radius 3 is 2.80 bits per heavy atom. The third-order valence-electron chi connectivity index (χ3n) is 2.02. The van der Waals surface area contributed by atoms with Crippen LogP contribution in [0.4, 0.5) is 0 Å². The minimum atomic E-state index is 0.199. The molecule has 0 bridgehead atoms. The molecule has 1 aliphatic rings. The van der Waals surface area contributed by atoms with Crippen molar-refractivity contribution in [2.24, 2.45) is 5.84 Å². The van der Waals surface area contributed by atoms with E-state index >= 15 is 0 Å². The summed E-state index contributed by atoms with van der Waals surface area (Å²) >= 11 is 0. The highest BCUT2D eigenvalue weighted by Crippen LogP contribution is 2.02. The monoisotopic (exact) mass is 145 g/mol. The van der Waals surface area contributed by atoms with E-state index in [9.17, 15) is 0 Å². The molecule has 0 aliphatic carbocycles. The van der Waals surface area contributed by atoms with Crippen LogP contribution < -0.4 is 5.84 Å². The van der Waals surface area contributed by atoms with Crippen LogP contribution >= 0.6 is 0 Å². The van der Waals surface area contributed by atoms with Crippen LogP contribution in [0.5, 0.6) is 0 Å². The molecule has 0 aromatic rings. The van der Waals surface area contributed by atoms with Gasteiger partial charge in [-0.1, -0.05) is 0 Å². The molecule has 3 N–H and O–H groups in total. The average Bonchev–Trinajstić information content (AvgIpc) is 1.94. The van der Waals surface area contributed by atoms with Gasteiger partial charge in [0.1, 0.15) is 0 Å². The van der Waals surface area contributed by atoms with Gasteiger partial charge in [-0.05, 0) is 7.05 Å². The van der Waals surface area contributed by atoms with Crippen LogP contribution in [0.2, 0.25) is 0 Å². The average molecular weight is 145 g/mol. The van der Waals surface area contributed by atoms with Crippen molar-refractivity contribution >= 4 is 0 Å². The number of hydrazine groups is 1. The maximum Gasteiger partial charge on any atom is 0.0599 e. The predicted molar refractivity (Wildman–Crippen MR) is 39.3 cm³/mol. The van der Waals surface area contributed by atoms with E-state index in [-0.39, 0.29) is 12.6 Å². The van der Waals surface area contributed by atoms with Crippen LogP contribution in [0.15, 0.2) is 0 Å². The number of nitrogens with two attached hydrogens (primary N) is 1. The summed E-state index contributed by atoms with van der Waals surface area (Å²) in [5, 5.41) is 10.6. The predicted octanol–water partition coefficient (Wildman–Crippen LogP) is -1.53. The van der Waals surface area contributed by atoms with Crippen LogP contribution in [0.3, 0.4) is 0 Å². The summed E-state index contributed by atoms with van der Waals surface area (Å²) in [6.07, 6.45) is 0. The van der Waals surface area contributed by atoms with Crippen LogP contribution in [-0.2, 0) is 0 Å². The molecule has 1 saturated heterocycles. The van der Waals surface area contributed by atoms with Crippen molar-refractivity contribution in [3.8, 4) is 0 Å². The van der Waals surface area contributed by atoms with Crippen LogP contribution in [0.25, 0.3) is 0 Å². The Morgan fingerprint density at radius 1 is 1.60 bits per heavy atom. The fraction of sp³-hybridized carbons (Fsp3) is 1.00. The second-order valence-corrected chi connectivity index (χ2v) is 2.81. The summed E-state index contributed by atoms with van der Waals surface area (Å²) in [4.78, 5) is 2.13. The molecule has 0 radical (unpaired) electrons. The number of piperazine rings is 1. The maximum absolute atomic E-state index is 8.86. The number of aliphatic hydroxyl groups excluding tert-OH is 1. The lowest BCUT2D eigenvalue weighted by molar-refractivity contribution is 0.0578. The fourth-order valence-electron chi connectivity index (χ4n) is 1.17. The summed E-state index contributed by atoms with van der Waals surface area (Å²) < 4.78 is 0. The van der Waals surface area contributed by atoms with E-state index < -0.39 is 0 Å². The fourth-order valence-corrected chi connectivity index (χ4v) is 1.17. The Labute approximate surface area is 61.2 Å². The van der Waals surface area contributed by atoms with Gasteiger partial charge >= 0.3 is 0 Å². The summed E-state index contributed by atoms with van der Waals surface area (Å²) in [5.41, 5.74) is 0. The molecule has 10 heavy (non-hydrogen) atoms. The second kappa shape index (κ2) is 3.30. The Bertz CT molecular complexity index is 109. The third kappa shape index (κ3) is 1.67. The summed E-state index contributed by atoms with van der Waals surface area (Å²) in [6, 6.07) is 0.221. The van der Waals surface area contributed by atoms with E-state index in [4.69, 9.17) is 10.9 Å². The van der Waals surface area contributed by atoms with Gasteiger partial charge in [0.25, 0.3) is 0 Å². The van der Waals surface area contributed by atoms with E-state index in [0.717, 1.165) is 19.6 Å². The first-order chi connectivity index (χ1) is 4.74. The molecule has 1 rings (SSSR count). The van der Waals surface area contributed by atoms with Gasteiger partial charge < -0.3 is 5.11 Å². The van der Waals surface area contributed by atoms with Gasteiger partial charge in [0.15, 0.2) is 0 Å². The summed E-state index contributed by atoms with van der Waals surface area (Å²) in [5.74, 6) is 5.56. The molecule has 0 amide bonds. The normalized spacial score (nSPS) is 30.9. The molecular weight excluding hydrogens is 130 g/mol. The number of likely N-dealkylation sites (N-methyl/N-ethyl adjacent to an activating group) is 1. The van der Waals surface area contributed by atoms with Crippen molar-refractivity contribution < 1.29 is 5.11 Å². The molecule has 0 aromatic heterocycles. The van der Waals surface area contributed by atoms with Crippen LogP contribution in [0, 0.1) is 0 Å². The molecule has 0 aromatic carbocycles. The number of hydrogen-bond donors (Lipinski definition) is 2. The molecule has 4 nitrogen and oxygen atoms in total. The lowest BCUT2D eigenvalue weighted by Crippen LogP contribution is -2.55. The standard InChI is InChI=1S/C6H15N3O/c1-8-2-3-9(7)4-6(8)5-10/h6,10H,2-5,7H2,1H3. The molecule has 1 aliphatic heterocycles. The van der Waals surface area contributed by atoms with Crippen molar-refractivity contribution in [1.82, 2.24) is 9.91 Å². The largest absolute Gasteiger partial charge is 0.395 e. The van der Waals surface area contributed by atoms with E-state index in [2.05, 4.69) is 4.90 Å². The maximum atomic E-state index is 8.86. The molecule has 0 spiro atoms. The second-order valence-electron chi connectivity index (χ2n) is 2.81. The van der Waals surface area contributed by atoms with Crippen LogP contribution in [0.1, 0.15) is 0 Å². The minimum absolute atomic E-state index is 0.199. The van der Waals surface area contributed by atoms with Crippen molar-refractivity contribution in [3.63, 3.8) is 0 Å². The minimum Gasteiger partial charge on any atom is -0.395 e. The van der Waals surface area contributed by atoms with Gasteiger partial charge in [-0.25, -0.2) is 5.01 Å². The van der Waals surface area contributed by atoms with E-state index in [1.807, 2.05) is 7.05 Å². The quantitative estimate of drug-likeness (QED) is 0.439. The Balaban J connectivity index is 2.38. The van der Waals surface area contributed by atoms with Gasteiger partial charge in [-0.3, -0.25) is 10.7 Å². The molecule has 60 valence electrons. The SMILES string of the molecule is CN1CCN(N)CC1CO. The summed E-state index contributed by atoms with van der Waals surface area (Å²) in [7, 11) is 2.01. The molecule has 0 saturated carbocycles. The molecule has 1 unspecified atom stereocenters. The molecule has 1 fully saturated rings. The first kappa shape index (κ1) is 7.94. The van der Waals surface area contributed by atoms with E-state index in [1.165, 1.54) is 0 Å². The molecule has 1 atom stereocenters. The highest BCUT2D eigenvalue weighted by atomic mass is 16.3. The smallest absolute Gasteiger partial charge is 0.0599 e. The van der Waals surface area contributed by atoms with Gasteiger partial charge in [-0.15, -0.1) is 0 Å². The molecule has 4 heteroatoms. The highest BCUT2D eigenvalue weighted by Gasteiger charge is 2.20. The van der Waals surface area contributed by atoms with E-state index in [0.29, 0.717) is 0 Å². The highest BCUT2D eigenvalue weighted by molar-refractivity contribution is 4.76. The first-order valence-electron chi connectivity index (χ1n) is 3.55. The first-order valence-corrected chi connectivity index (χ1v) is 3.55. The lowest BCUT2D eigenvalue weighted by Gasteiger charge is -2.35. The number of aliphatic hydroxyl groups is 1. The number of nitrogens with zero attached hydrogens (tertiary/aromatic N) is 2. The topological polar surface area (TPSA) is 52.7 Å². The van der Waals surface area contributed by atoms with Gasteiger partial charge in [0.2, 0.25) is 0 Å². The number of rotatable bonds is 1. The van der Waals surface area contributed by atoms with Crippen molar-refractivity contribution in [2.75, 3.05) is 33.3 Å². The Hall–Kier alpha value is -0.160. The van der Waals surface area contributed by atoms with Crippen molar-refractivity contribution in [3.05, 3.63) is 0 Å². The summed E-state index contributed by atoms with van der Waals surface area (Å²) in [6.45, 7) is 2.81. The van der Waals surface area contributed by atoms with Crippen molar-refractivity contribution in [2.45, 2.75) is 6.04 Å². The molecule has 1 heterocycles. The van der Waals surface area contributed by atoms with Gasteiger partial charge in [0.05, 0.1) is 6.61 Å². The zero-order chi connectivity index (χ0) is 7.56. The lowest BCUT2D eigenvalue weighted by atomic mass is 10.2. The van der Waals surface area contributed by atoms with Crippen LogP contribution in [-0.4, -0.2) is 54.3 Å². The van der Waals surface area contributed by atoms with E-state index in [1.54, 1.807) is 5.01 Å².